The third kappa shape index (κ3) is 8.57. The fourth-order valence-corrected chi connectivity index (χ4v) is 2.53. The van der Waals surface area contributed by atoms with Crippen LogP contribution in [0.25, 0.3) is 0 Å². The summed E-state index contributed by atoms with van der Waals surface area (Å²) >= 11 is 4.99. The van der Waals surface area contributed by atoms with E-state index in [0.29, 0.717) is 0 Å². The maximum Gasteiger partial charge on any atom is 0.0469 e. The zero-order chi connectivity index (χ0) is 8.53. The van der Waals surface area contributed by atoms with E-state index in [-0.39, 0.29) is 0 Å². The van der Waals surface area contributed by atoms with Crippen LogP contribution in [0.4, 0.5) is 0 Å². The second-order valence-electron chi connectivity index (χ2n) is 2.35. The Morgan fingerprint density at radius 3 is 2.82 bits per heavy atom. The standard InChI is InChI=1S/C8H17BrOS/c1-3-5-8(9)11-7-4-6-10-2/h11H,3-7H2,1-2H3. The summed E-state index contributed by atoms with van der Waals surface area (Å²) in [5.41, 5.74) is 0. The Morgan fingerprint density at radius 2 is 2.27 bits per heavy atom. The molecule has 0 rings (SSSR count). The summed E-state index contributed by atoms with van der Waals surface area (Å²) in [6.45, 7) is 3.09. The number of halogens is 1. The van der Waals surface area contributed by atoms with Gasteiger partial charge in [-0.05, 0) is 34.5 Å². The van der Waals surface area contributed by atoms with Crippen LogP contribution in [0.2, 0.25) is 0 Å². The minimum atomic E-state index is 0.888. The monoisotopic (exact) mass is 240 g/mol. The first-order valence-electron chi connectivity index (χ1n) is 3.99. The molecule has 0 heterocycles. The highest BCUT2D eigenvalue weighted by Crippen LogP contribution is 2.06. The summed E-state index contributed by atoms with van der Waals surface area (Å²) in [7, 11) is 1.75. The molecule has 0 amide bonds. The van der Waals surface area contributed by atoms with Gasteiger partial charge in [-0.1, -0.05) is 13.3 Å². The number of hydrogen-bond donors (Lipinski definition) is 1. The molecule has 68 valence electrons. The maximum atomic E-state index is 4.95. The van der Waals surface area contributed by atoms with Gasteiger partial charge in [0.15, 0.2) is 0 Å². The van der Waals surface area contributed by atoms with Crippen molar-refractivity contribution in [2.24, 2.45) is 0 Å². The summed E-state index contributed by atoms with van der Waals surface area (Å²) in [5, 5.41) is 0. The van der Waals surface area contributed by atoms with E-state index < -0.39 is 0 Å². The third-order valence-electron chi connectivity index (χ3n) is 1.25. The molecule has 0 aliphatic carbocycles. The molecule has 0 N–H and O–H groups in total. The van der Waals surface area contributed by atoms with Crippen LogP contribution in [0.5, 0.6) is 0 Å². The first-order chi connectivity index (χ1) is 5.31. The molecule has 0 saturated heterocycles. The molecule has 0 aliphatic heterocycles. The maximum absolute atomic E-state index is 4.95. The summed E-state index contributed by atoms with van der Waals surface area (Å²) in [6.07, 6.45) is 3.60. The number of rotatable bonds is 6. The summed E-state index contributed by atoms with van der Waals surface area (Å²) in [4.78, 5) is 0. The van der Waals surface area contributed by atoms with Crippen LogP contribution in [-0.2, 0) is 4.74 Å². The summed E-state index contributed by atoms with van der Waals surface area (Å²) < 4.78 is 6.38. The molecule has 0 atom stereocenters. The molecular formula is C8H17BrOS. The minimum Gasteiger partial charge on any atom is -0.385 e. The molecule has 0 aromatic carbocycles. The molecule has 0 bridgehead atoms. The van der Waals surface area contributed by atoms with E-state index in [4.69, 9.17) is 4.74 Å². The molecule has 0 radical (unpaired) electrons. The Morgan fingerprint density at radius 1 is 1.55 bits per heavy atom. The quantitative estimate of drug-likeness (QED) is 0.325. The number of methoxy groups -OCH3 is 1. The first-order valence-corrected chi connectivity index (χ1v) is 5.86. The van der Waals surface area contributed by atoms with E-state index >= 15 is 0 Å². The van der Waals surface area contributed by atoms with E-state index in [1.165, 1.54) is 33.7 Å². The van der Waals surface area contributed by atoms with Crippen molar-refractivity contribution in [3.8, 4) is 0 Å². The van der Waals surface area contributed by atoms with Gasteiger partial charge in [0.2, 0.25) is 0 Å². The topological polar surface area (TPSA) is 9.23 Å². The van der Waals surface area contributed by atoms with E-state index in [0.717, 1.165) is 13.0 Å². The normalized spacial score (nSPS) is 12.8. The zero-order valence-electron chi connectivity index (χ0n) is 7.27. The molecule has 0 aromatic rings. The van der Waals surface area contributed by atoms with Gasteiger partial charge in [-0.15, -0.1) is 0 Å². The van der Waals surface area contributed by atoms with Crippen LogP contribution in [0.3, 0.4) is 0 Å². The lowest BCUT2D eigenvalue weighted by molar-refractivity contribution is 0.200. The molecule has 0 fully saturated rings. The van der Waals surface area contributed by atoms with Crippen molar-refractivity contribution in [3.05, 3.63) is 0 Å². The van der Waals surface area contributed by atoms with Gasteiger partial charge in [-0.3, -0.25) is 0 Å². The fraction of sp³-hybridized carbons (Fsp3) is 0.875. The van der Waals surface area contributed by atoms with Crippen LogP contribution >= 0.6 is 27.3 Å². The zero-order valence-corrected chi connectivity index (χ0v) is 9.75. The summed E-state index contributed by atoms with van der Waals surface area (Å²) in [5.74, 6) is 1.22. The van der Waals surface area contributed by atoms with Gasteiger partial charge in [-0.2, -0.15) is 11.4 Å². The van der Waals surface area contributed by atoms with Crippen LogP contribution in [0, 0.1) is 0 Å². The number of ether oxygens (including phenoxy) is 1. The van der Waals surface area contributed by atoms with E-state index in [2.05, 4.69) is 22.9 Å². The van der Waals surface area contributed by atoms with Crippen molar-refractivity contribution < 1.29 is 4.74 Å². The van der Waals surface area contributed by atoms with Gasteiger partial charge in [0, 0.05) is 17.5 Å². The second-order valence-corrected chi connectivity index (χ2v) is 5.23. The minimum absolute atomic E-state index is 0.888. The van der Waals surface area contributed by atoms with Crippen LogP contribution in [0.15, 0.2) is 0 Å². The molecule has 0 aliphatic rings. The highest BCUT2D eigenvalue weighted by atomic mass is 79.9. The molecule has 11 heavy (non-hydrogen) atoms. The van der Waals surface area contributed by atoms with Crippen molar-refractivity contribution in [2.75, 3.05) is 19.5 Å². The number of hydrogen-bond acceptors (Lipinski definition) is 1. The molecule has 0 saturated carbocycles. The number of thiol groups is 1. The Balaban J connectivity index is 3.24. The van der Waals surface area contributed by atoms with Gasteiger partial charge < -0.3 is 4.74 Å². The van der Waals surface area contributed by atoms with Gasteiger partial charge >= 0.3 is 0 Å². The lowest BCUT2D eigenvalue weighted by atomic mass is 10.4. The molecule has 0 aromatic heterocycles. The Kier molecular flexibility index (Phi) is 9.28. The Labute approximate surface area is 81.6 Å². The largest absolute Gasteiger partial charge is 0.385 e. The van der Waals surface area contributed by atoms with Crippen molar-refractivity contribution in [2.45, 2.75) is 26.2 Å². The molecular weight excluding hydrogens is 224 g/mol. The first kappa shape index (κ1) is 11.7. The van der Waals surface area contributed by atoms with Crippen LogP contribution in [0.1, 0.15) is 26.2 Å². The lowest BCUT2D eigenvalue weighted by Crippen LogP contribution is -1.90. The highest BCUT2D eigenvalue weighted by molar-refractivity contribution is 9.20. The highest BCUT2D eigenvalue weighted by Gasteiger charge is 1.88. The van der Waals surface area contributed by atoms with Gasteiger partial charge in [0.1, 0.15) is 0 Å². The second kappa shape index (κ2) is 8.75. The molecule has 3 heteroatoms. The Bertz CT molecular complexity index is 115. The lowest BCUT2D eigenvalue weighted by Gasteiger charge is -1.97. The van der Waals surface area contributed by atoms with Gasteiger partial charge in [-0.25, -0.2) is 0 Å². The van der Waals surface area contributed by atoms with E-state index in [1.54, 1.807) is 7.11 Å². The van der Waals surface area contributed by atoms with Crippen LogP contribution in [-0.4, -0.2) is 23.2 Å². The Hall–Kier alpha value is 0.660. The summed E-state index contributed by atoms with van der Waals surface area (Å²) in [6, 6.07) is 0. The smallest absolute Gasteiger partial charge is 0.0469 e. The van der Waals surface area contributed by atoms with E-state index in [1.807, 2.05) is 0 Å². The van der Waals surface area contributed by atoms with Crippen molar-refractivity contribution in [3.63, 3.8) is 0 Å². The van der Waals surface area contributed by atoms with E-state index in [9.17, 15) is 0 Å². The average molecular weight is 241 g/mol. The average Bonchev–Trinajstić information content (AvgIpc) is 1.99. The molecule has 0 unspecified atom stereocenters. The third-order valence-corrected chi connectivity index (χ3v) is 3.50. The van der Waals surface area contributed by atoms with Crippen molar-refractivity contribution in [1.82, 2.24) is 0 Å². The van der Waals surface area contributed by atoms with Crippen molar-refractivity contribution >= 4 is 31.1 Å². The predicted molar refractivity (Wildman–Crippen MR) is 59.2 cm³/mol. The fourth-order valence-electron chi connectivity index (χ4n) is 0.695. The van der Waals surface area contributed by atoms with Crippen LogP contribution < -0.4 is 0 Å². The van der Waals surface area contributed by atoms with Gasteiger partial charge in [0.05, 0.1) is 0 Å². The van der Waals surface area contributed by atoms with Crippen molar-refractivity contribution in [1.29, 1.82) is 0 Å². The predicted octanol–water partition coefficient (Wildman–Crippen LogP) is 2.81. The molecule has 0 spiro atoms. The molecule has 1 nitrogen and oxygen atoms in total. The SMILES string of the molecule is CCCC(Br)=[SH]CCCOC. The van der Waals surface area contributed by atoms with Gasteiger partial charge in [0.25, 0.3) is 0 Å².